The van der Waals surface area contributed by atoms with Crippen LogP contribution in [-0.2, 0) is 27.9 Å². The zero-order valence-electron chi connectivity index (χ0n) is 21.2. The number of carbonyl (C=O) groups excluding carboxylic acids is 1. The number of rotatable bonds is 4. The van der Waals surface area contributed by atoms with E-state index in [1.165, 1.54) is 6.08 Å². The van der Waals surface area contributed by atoms with Gasteiger partial charge >= 0.3 is 6.18 Å². The summed E-state index contributed by atoms with van der Waals surface area (Å²) in [5.74, 6) is -0.586. The van der Waals surface area contributed by atoms with Gasteiger partial charge in [0.1, 0.15) is 17.2 Å². The number of hydrogen-bond acceptors (Lipinski definition) is 9. The molecule has 4 aliphatic rings. The molecule has 0 aromatic carbocycles. The van der Waals surface area contributed by atoms with Gasteiger partial charge in [-0.1, -0.05) is 6.58 Å². The van der Waals surface area contributed by atoms with Crippen LogP contribution in [0.3, 0.4) is 0 Å². The van der Waals surface area contributed by atoms with Gasteiger partial charge in [-0.15, -0.1) is 11.3 Å². The van der Waals surface area contributed by atoms with E-state index in [9.17, 15) is 18.0 Å². The van der Waals surface area contributed by atoms with Crippen LogP contribution in [0, 0.1) is 0 Å². The molecule has 2 aromatic rings. The second-order valence-electron chi connectivity index (χ2n) is 10.3. The topological polar surface area (TPSA) is 77.9 Å². The van der Waals surface area contributed by atoms with E-state index in [-0.39, 0.29) is 18.0 Å². The number of nitrogens with zero attached hydrogens (tertiary/aromatic N) is 7. The molecule has 204 valence electrons. The van der Waals surface area contributed by atoms with Crippen molar-refractivity contribution in [1.82, 2.24) is 24.8 Å². The van der Waals surface area contributed by atoms with Crippen LogP contribution in [0.5, 0.6) is 0 Å². The Morgan fingerprint density at radius 3 is 2.53 bits per heavy atom. The minimum absolute atomic E-state index is 0.0123. The number of anilines is 2. The van der Waals surface area contributed by atoms with Crippen molar-refractivity contribution >= 4 is 28.9 Å². The van der Waals surface area contributed by atoms with Crippen molar-refractivity contribution in [3.05, 3.63) is 40.6 Å². The molecule has 0 saturated carbocycles. The zero-order chi connectivity index (χ0) is 26.7. The molecule has 38 heavy (non-hydrogen) atoms. The molecule has 0 N–H and O–H groups in total. The predicted octanol–water partition coefficient (Wildman–Crippen LogP) is 2.89. The first-order chi connectivity index (χ1) is 18.2. The van der Waals surface area contributed by atoms with Gasteiger partial charge in [0, 0.05) is 64.0 Å². The van der Waals surface area contributed by atoms with E-state index in [2.05, 4.69) is 26.4 Å². The van der Waals surface area contributed by atoms with Crippen molar-refractivity contribution in [3.8, 4) is 0 Å². The average molecular weight is 550 g/mol. The zero-order valence-corrected chi connectivity index (χ0v) is 22.0. The first-order valence-electron chi connectivity index (χ1n) is 12.9. The molecule has 0 bridgehead atoms. The maximum Gasteiger partial charge on any atom is 0.451 e. The second kappa shape index (κ2) is 9.45. The third-order valence-corrected chi connectivity index (χ3v) is 9.44. The Bertz CT molecular complexity index is 1220. The van der Waals surface area contributed by atoms with Gasteiger partial charge in [0.2, 0.25) is 11.7 Å². The number of fused-ring (bicyclic) bond motifs is 2. The Morgan fingerprint density at radius 2 is 1.87 bits per heavy atom. The number of amides is 1. The number of piperidine rings is 1. The highest BCUT2D eigenvalue weighted by Gasteiger charge is 2.46. The highest BCUT2D eigenvalue weighted by Crippen LogP contribution is 2.46. The van der Waals surface area contributed by atoms with E-state index < -0.39 is 17.6 Å². The number of hydrogen-bond donors (Lipinski definition) is 0. The van der Waals surface area contributed by atoms with E-state index in [1.54, 1.807) is 22.3 Å². The molecule has 6 heterocycles. The Hall–Kier alpha value is -2.77. The van der Waals surface area contributed by atoms with Crippen LogP contribution >= 0.6 is 11.3 Å². The lowest BCUT2D eigenvalue weighted by atomic mass is 9.90. The molecular formula is C25H30F3N7O2S. The molecule has 13 heteroatoms. The molecule has 3 fully saturated rings. The summed E-state index contributed by atoms with van der Waals surface area (Å²) in [6, 6.07) is 1.86. The second-order valence-corrected chi connectivity index (χ2v) is 11.2. The van der Waals surface area contributed by atoms with E-state index in [0.29, 0.717) is 63.8 Å². The van der Waals surface area contributed by atoms with Crippen molar-refractivity contribution in [2.75, 3.05) is 55.6 Å². The van der Waals surface area contributed by atoms with Gasteiger partial charge in [-0.05, 0) is 25.8 Å². The fourth-order valence-corrected chi connectivity index (χ4v) is 7.07. The normalized spacial score (nSPS) is 25.4. The van der Waals surface area contributed by atoms with Gasteiger partial charge in [0.15, 0.2) is 0 Å². The number of thiazole rings is 1. The largest absolute Gasteiger partial charge is 0.451 e. The van der Waals surface area contributed by atoms with Crippen LogP contribution in [-0.4, -0.2) is 88.6 Å². The van der Waals surface area contributed by atoms with E-state index in [4.69, 9.17) is 4.74 Å². The Labute approximate surface area is 222 Å². The average Bonchev–Trinajstić information content (AvgIpc) is 3.52. The highest BCUT2D eigenvalue weighted by atomic mass is 32.1. The lowest BCUT2D eigenvalue weighted by Gasteiger charge is -2.53. The number of ether oxygens (including phenoxy) is 1. The SMILES string of the molecule is C=CC(=O)N1CCN([C@@H]2CN(c3cc(N4CCC5(CC4)OCc4ncsc45)nc(C(F)(F)F)n3)[C@@H]2C)CC1. The molecule has 9 nitrogen and oxygen atoms in total. The summed E-state index contributed by atoms with van der Waals surface area (Å²) >= 11 is 1.59. The number of piperazine rings is 1. The summed E-state index contributed by atoms with van der Waals surface area (Å²) in [5.41, 5.74) is 2.41. The van der Waals surface area contributed by atoms with Gasteiger partial charge in [-0.3, -0.25) is 9.69 Å². The molecule has 4 aliphatic heterocycles. The molecule has 6 rings (SSSR count). The summed E-state index contributed by atoms with van der Waals surface area (Å²) < 4.78 is 47.6. The van der Waals surface area contributed by atoms with Crippen LogP contribution < -0.4 is 9.80 Å². The van der Waals surface area contributed by atoms with Gasteiger partial charge in [0.05, 0.1) is 22.7 Å². The molecule has 1 spiro atoms. The fraction of sp³-hybridized carbons (Fsp3) is 0.600. The molecular weight excluding hydrogens is 519 g/mol. The lowest BCUT2D eigenvalue weighted by molar-refractivity contribution is -0.144. The van der Waals surface area contributed by atoms with Crippen molar-refractivity contribution < 1.29 is 22.7 Å². The number of halogens is 3. The Balaban J connectivity index is 1.16. The molecule has 0 aliphatic carbocycles. The van der Waals surface area contributed by atoms with Crippen molar-refractivity contribution in [2.24, 2.45) is 0 Å². The first kappa shape index (κ1) is 25.5. The summed E-state index contributed by atoms with van der Waals surface area (Å²) in [5, 5.41) is 0. The van der Waals surface area contributed by atoms with Crippen molar-refractivity contribution in [3.63, 3.8) is 0 Å². The summed E-state index contributed by atoms with van der Waals surface area (Å²) in [6.07, 6.45) is -1.97. The minimum Gasteiger partial charge on any atom is -0.363 e. The number of carbonyl (C=O) groups is 1. The number of alkyl halides is 3. The summed E-state index contributed by atoms with van der Waals surface area (Å²) in [7, 11) is 0. The van der Waals surface area contributed by atoms with Crippen LogP contribution in [0.1, 0.15) is 36.2 Å². The predicted molar refractivity (Wildman–Crippen MR) is 136 cm³/mol. The van der Waals surface area contributed by atoms with Crippen LogP contribution in [0.25, 0.3) is 0 Å². The van der Waals surface area contributed by atoms with Crippen LogP contribution in [0.15, 0.2) is 24.2 Å². The third-order valence-electron chi connectivity index (χ3n) is 8.38. The molecule has 2 aromatic heterocycles. The maximum atomic E-state index is 13.8. The maximum absolute atomic E-state index is 13.8. The van der Waals surface area contributed by atoms with E-state index in [0.717, 1.165) is 23.7 Å². The molecule has 1 amide bonds. The Kier molecular flexibility index (Phi) is 6.35. The van der Waals surface area contributed by atoms with Crippen LogP contribution in [0.2, 0.25) is 0 Å². The van der Waals surface area contributed by atoms with Gasteiger partial charge < -0.3 is 19.4 Å². The number of aromatic nitrogens is 3. The Morgan fingerprint density at radius 1 is 1.16 bits per heavy atom. The summed E-state index contributed by atoms with van der Waals surface area (Å²) in [6.45, 7) is 10.4. The van der Waals surface area contributed by atoms with Crippen LogP contribution in [0.4, 0.5) is 24.8 Å². The standard InChI is InChI=1S/C25H30F3N7O2S/c1-3-21(36)34-10-8-32(9-11-34)18-13-35(16(18)2)20-12-19(30-23(31-20)25(26,27)28)33-6-4-24(5-7-33)22-17(14-37-24)29-15-38-22/h3,12,15-16,18H,1,4-11,13-14H2,2H3/t16-,18-/m1/s1. The van der Waals surface area contributed by atoms with Gasteiger partial charge in [-0.2, -0.15) is 13.2 Å². The van der Waals surface area contributed by atoms with E-state index >= 15 is 0 Å². The lowest BCUT2D eigenvalue weighted by Crippen LogP contribution is -2.68. The molecule has 0 radical (unpaired) electrons. The molecule has 0 unspecified atom stereocenters. The van der Waals surface area contributed by atoms with Gasteiger partial charge in [0.25, 0.3) is 0 Å². The third kappa shape index (κ3) is 4.34. The quantitative estimate of drug-likeness (QED) is 0.539. The summed E-state index contributed by atoms with van der Waals surface area (Å²) in [4.78, 5) is 33.2. The van der Waals surface area contributed by atoms with Gasteiger partial charge in [-0.25, -0.2) is 15.0 Å². The van der Waals surface area contributed by atoms with Crippen molar-refractivity contribution in [1.29, 1.82) is 0 Å². The fourth-order valence-electron chi connectivity index (χ4n) is 6.06. The van der Waals surface area contributed by atoms with Crippen molar-refractivity contribution in [2.45, 2.75) is 50.2 Å². The highest BCUT2D eigenvalue weighted by molar-refractivity contribution is 7.10. The van der Waals surface area contributed by atoms with E-state index in [1.807, 2.05) is 22.2 Å². The smallest absolute Gasteiger partial charge is 0.363 e. The minimum atomic E-state index is -4.64. The first-order valence-corrected chi connectivity index (χ1v) is 13.8. The molecule has 3 saturated heterocycles. The monoisotopic (exact) mass is 549 g/mol. The molecule has 2 atom stereocenters.